The van der Waals surface area contributed by atoms with Gasteiger partial charge in [0.15, 0.2) is 0 Å². The topological polar surface area (TPSA) is 75.6 Å². The minimum absolute atomic E-state index is 0.153. The van der Waals surface area contributed by atoms with Crippen LogP contribution in [0.3, 0.4) is 0 Å². The number of carbonyl (C=O) groups is 1. The first-order chi connectivity index (χ1) is 16.5. The number of aryl methyl sites for hydroxylation is 1. The second kappa shape index (κ2) is 8.13. The molecule has 0 saturated carbocycles. The zero-order valence-corrected chi connectivity index (χ0v) is 19.6. The molecule has 0 fully saturated rings. The summed E-state index contributed by atoms with van der Waals surface area (Å²) in [5.74, 6) is 0.644. The molecule has 0 atom stereocenters. The minimum Gasteiger partial charge on any atom is -0.338 e. The van der Waals surface area contributed by atoms with Crippen molar-refractivity contribution in [2.45, 2.75) is 6.92 Å². The highest BCUT2D eigenvalue weighted by molar-refractivity contribution is 7.20. The number of hydrogen-bond donors (Lipinski definition) is 2. The number of rotatable bonds is 4. The van der Waals surface area contributed by atoms with E-state index in [4.69, 9.17) is 11.6 Å². The first-order valence-corrected chi connectivity index (χ1v) is 11.9. The summed E-state index contributed by atoms with van der Waals surface area (Å²) in [6.07, 6.45) is 0. The van der Waals surface area contributed by atoms with Crippen molar-refractivity contribution < 1.29 is 4.79 Å². The number of aromatic nitrogens is 4. The van der Waals surface area contributed by atoms with Crippen LogP contribution in [0, 0.1) is 6.92 Å². The van der Waals surface area contributed by atoms with E-state index in [0.717, 1.165) is 49.7 Å². The SMILES string of the molecule is Cc1nn(-c2ccc(Cl)cc2)c2sc(C(=O)Nc3ccc(-c4nc5ccccc5[nH]4)cc3)cc12. The molecule has 6 rings (SSSR count). The van der Waals surface area contributed by atoms with Crippen molar-refractivity contribution in [2.75, 3.05) is 5.32 Å². The van der Waals surface area contributed by atoms with Gasteiger partial charge in [0.1, 0.15) is 10.7 Å². The van der Waals surface area contributed by atoms with Crippen LogP contribution in [0.2, 0.25) is 5.02 Å². The number of fused-ring (bicyclic) bond motifs is 2. The van der Waals surface area contributed by atoms with Crippen LogP contribution < -0.4 is 5.32 Å². The molecule has 0 unspecified atom stereocenters. The predicted molar refractivity (Wildman–Crippen MR) is 138 cm³/mol. The second-order valence-corrected chi connectivity index (χ2v) is 9.40. The Kier molecular flexibility index (Phi) is 4.94. The van der Waals surface area contributed by atoms with Gasteiger partial charge in [-0.1, -0.05) is 23.7 Å². The number of thiophene rings is 1. The summed E-state index contributed by atoms with van der Waals surface area (Å²) in [7, 11) is 0. The van der Waals surface area contributed by atoms with Crippen molar-refractivity contribution in [3.63, 3.8) is 0 Å². The van der Waals surface area contributed by atoms with Gasteiger partial charge in [-0.15, -0.1) is 11.3 Å². The quantitative estimate of drug-likeness (QED) is 0.288. The van der Waals surface area contributed by atoms with Gasteiger partial charge in [-0.3, -0.25) is 4.79 Å². The van der Waals surface area contributed by atoms with E-state index < -0.39 is 0 Å². The summed E-state index contributed by atoms with van der Waals surface area (Å²) in [6.45, 7) is 1.94. The summed E-state index contributed by atoms with van der Waals surface area (Å²) >= 11 is 7.44. The van der Waals surface area contributed by atoms with Gasteiger partial charge in [-0.05, 0) is 73.7 Å². The van der Waals surface area contributed by atoms with Crippen LogP contribution in [0.4, 0.5) is 5.69 Å². The van der Waals surface area contributed by atoms with Crippen molar-refractivity contribution in [1.82, 2.24) is 19.7 Å². The number of carbonyl (C=O) groups excluding carboxylic acids is 1. The van der Waals surface area contributed by atoms with Crippen LogP contribution in [0.5, 0.6) is 0 Å². The Morgan fingerprint density at radius 3 is 2.56 bits per heavy atom. The Morgan fingerprint density at radius 1 is 1.03 bits per heavy atom. The fraction of sp³-hybridized carbons (Fsp3) is 0.0385. The first-order valence-electron chi connectivity index (χ1n) is 10.7. The summed E-state index contributed by atoms with van der Waals surface area (Å²) in [5, 5.41) is 9.26. The zero-order chi connectivity index (χ0) is 23.2. The molecule has 6 nitrogen and oxygen atoms in total. The molecule has 3 aromatic carbocycles. The number of benzene rings is 3. The maximum atomic E-state index is 13.0. The molecule has 34 heavy (non-hydrogen) atoms. The van der Waals surface area contributed by atoms with Gasteiger partial charge >= 0.3 is 0 Å². The molecule has 0 aliphatic heterocycles. The van der Waals surface area contributed by atoms with Gasteiger partial charge in [0.05, 0.1) is 27.3 Å². The number of anilines is 1. The Bertz CT molecular complexity index is 1630. The molecule has 3 heterocycles. The number of halogens is 1. The monoisotopic (exact) mass is 483 g/mol. The van der Waals surface area contributed by atoms with Gasteiger partial charge in [0.2, 0.25) is 0 Å². The molecular formula is C26H18ClN5OS. The molecule has 1 amide bonds. The standard InChI is InChI=1S/C26H18ClN5OS/c1-15-20-14-23(34-26(20)32(31-15)19-12-8-17(27)9-13-19)25(33)28-18-10-6-16(7-11-18)24-29-21-4-2-3-5-22(21)30-24/h2-14H,1H3,(H,28,33)(H,29,30). The fourth-order valence-electron chi connectivity index (χ4n) is 3.91. The maximum Gasteiger partial charge on any atom is 0.265 e. The summed E-state index contributed by atoms with van der Waals surface area (Å²) in [5.41, 5.74) is 5.36. The lowest BCUT2D eigenvalue weighted by atomic mass is 10.2. The van der Waals surface area contributed by atoms with Gasteiger partial charge in [-0.2, -0.15) is 5.10 Å². The molecule has 166 valence electrons. The average Bonchev–Trinajstić information content (AvgIpc) is 3.55. The summed E-state index contributed by atoms with van der Waals surface area (Å²) in [4.78, 5) is 22.5. The van der Waals surface area contributed by atoms with Crippen LogP contribution in [-0.4, -0.2) is 25.7 Å². The van der Waals surface area contributed by atoms with E-state index in [9.17, 15) is 4.79 Å². The third-order valence-corrected chi connectivity index (χ3v) is 7.01. The summed E-state index contributed by atoms with van der Waals surface area (Å²) in [6, 6.07) is 25.0. The summed E-state index contributed by atoms with van der Waals surface area (Å²) < 4.78 is 1.85. The Hall–Kier alpha value is -3.94. The third kappa shape index (κ3) is 3.65. The van der Waals surface area contributed by atoms with Gasteiger partial charge in [-0.25, -0.2) is 9.67 Å². The van der Waals surface area contributed by atoms with Crippen molar-refractivity contribution >= 4 is 55.8 Å². The van der Waals surface area contributed by atoms with Gasteiger partial charge < -0.3 is 10.3 Å². The highest BCUT2D eigenvalue weighted by Crippen LogP contribution is 2.31. The van der Waals surface area contributed by atoms with Crippen molar-refractivity contribution in [3.05, 3.63) is 94.5 Å². The van der Waals surface area contributed by atoms with E-state index in [0.29, 0.717) is 9.90 Å². The average molecular weight is 484 g/mol. The number of nitrogens with zero attached hydrogens (tertiary/aromatic N) is 3. The van der Waals surface area contributed by atoms with Crippen molar-refractivity contribution in [1.29, 1.82) is 0 Å². The molecule has 6 aromatic rings. The Morgan fingerprint density at radius 2 is 1.79 bits per heavy atom. The predicted octanol–water partition coefficient (Wildman–Crippen LogP) is 6.84. The van der Waals surface area contributed by atoms with Crippen LogP contribution >= 0.6 is 22.9 Å². The minimum atomic E-state index is -0.153. The van der Waals surface area contributed by atoms with E-state index in [1.807, 2.05) is 90.5 Å². The molecule has 2 N–H and O–H groups in total. The maximum absolute atomic E-state index is 13.0. The molecule has 0 spiro atoms. The van der Waals surface area contributed by atoms with E-state index in [1.54, 1.807) is 0 Å². The number of hydrogen-bond acceptors (Lipinski definition) is 4. The third-order valence-electron chi connectivity index (χ3n) is 5.65. The normalized spacial score (nSPS) is 11.4. The lowest BCUT2D eigenvalue weighted by Gasteiger charge is -2.05. The lowest BCUT2D eigenvalue weighted by molar-refractivity contribution is 0.103. The molecule has 0 radical (unpaired) electrons. The number of aromatic amines is 1. The molecule has 0 bridgehead atoms. The highest BCUT2D eigenvalue weighted by Gasteiger charge is 2.17. The molecular weight excluding hydrogens is 466 g/mol. The molecule has 0 aliphatic carbocycles. The largest absolute Gasteiger partial charge is 0.338 e. The number of nitrogens with one attached hydrogen (secondary N) is 2. The van der Waals surface area contributed by atoms with E-state index >= 15 is 0 Å². The Labute approximate surface area is 203 Å². The number of H-pyrrole nitrogens is 1. The van der Waals surface area contributed by atoms with E-state index in [2.05, 4.69) is 20.4 Å². The van der Waals surface area contributed by atoms with Crippen molar-refractivity contribution in [2.24, 2.45) is 0 Å². The van der Waals surface area contributed by atoms with Gasteiger partial charge in [0, 0.05) is 21.7 Å². The van der Waals surface area contributed by atoms with Crippen LogP contribution in [-0.2, 0) is 0 Å². The molecule has 0 saturated heterocycles. The molecule has 8 heteroatoms. The van der Waals surface area contributed by atoms with E-state index in [-0.39, 0.29) is 5.91 Å². The van der Waals surface area contributed by atoms with Crippen LogP contribution in [0.25, 0.3) is 38.3 Å². The van der Waals surface area contributed by atoms with Crippen LogP contribution in [0.15, 0.2) is 78.9 Å². The first kappa shape index (κ1) is 20.7. The lowest BCUT2D eigenvalue weighted by Crippen LogP contribution is -2.10. The van der Waals surface area contributed by atoms with Gasteiger partial charge in [0.25, 0.3) is 5.91 Å². The zero-order valence-electron chi connectivity index (χ0n) is 18.0. The van der Waals surface area contributed by atoms with E-state index in [1.165, 1.54) is 11.3 Å². The Balaban J connectivity index is 1.25. The second-order valence-electron chi connectivity index (χ2n) is 7.94. The smallest absolute Gasteiger partial charge is 0.265 e. The number of para-hydroxylation sites is 2. The van der Waals surface area contributed by atoms with Crippen molar-refractivity contribution in [3.8, 4) is 17.1 Å². The van der Waals surface area contributed by atoms with Crippen LogP contribution in [0.1, 0.15) is 15.4 Å². The molecule has 0 aliphatic rings. The molecule has 3 aromatic heterocycles. The number of amides is 1. The fourth-order valence-corrected chi connectivity index (χ4v) is 5.11. The highest BCUT2D eigenvalue weighted by atomic mass is 35.5. The number of imidazole rings is 1.